The zero-order chi connectivity index (χ0) is 28.4. The molecule has 0 radical (unpaired) electrons. The molecule has 39 heavy (non-hydrogen) atoms. The number of benzene rings is 3. The summed E-state index contributed by atoms with van der Waals surface area (Å²) >= 11 is 6.37. The minimum atomic E-state index is -4.45. The quantitative estimate of drug-likeness (QED) is 0.316. The summed E-state index contributed by atoms with van der Waals surface area (Å²) in [5.41, 5.74) is 0.0835. The van der Waals surface area contributed by atoms with E-state index in [0.717, 1.165) is 19.2 Å². The van der Waals surface area contributed by atoms with Gasteiger partial charge in [-0.2, -0.15) is 0 Å². The summed E-state index contributed by atoms with van der Waals surface area (Å²) in [6.07, 6.45) is 1.67. The first-order valence-electron chi connectivity index (χ1n) is 11.9. The van der Waals surface area contributed by atoms with Gasteiger partial charge in [-0.05, 0) is 37.2 Å². The monoisotopic (exact) mass is 595 g/mol. The highest BCUT2D eigenvalue weighted by molar-refractivity contribution is 7.93. The molecule has 0 bridgehead atoms. The van der Waals surface area contributed by atoms with Gasteiger partial charge in [0.2, 0.25) is 10.0 Å². The minimum Gasteiger partial charge on any atom is -0.493 e. The molecule has 0 aliphatic carbocycles. The van der Waals surface area contributed by atoms with Gasteiger partial charge in [-0.15, -0.1) is 0 Å². The molecule has 3 aromatic carbocycles. The molecule has 0 spiro atoms. The van der Waals surface area contributed by atoms with Crippen molar-refractivity contribution in [2.75, 3.05) is 43.0 Å². The van der Waals surface area contributed by atoms with Crippen LogP contribution in [-0.2, 0) is 20.0 Å². The maximum atomic E-state index is 14.0. The van der Waals surface area contributed by atoms with Crippen LogP contribution in [0.3, 0.4) is 0 Å². The molecule has 13 heteroatoms. The Labute approximate surface area is 233 Å². The van der Waals surface area contributed by atoms with Crippen LogP contribution >= 0.6 is 11.6 Å². The standard InChI is InChI=1S/C26H30ClN3O7S2/c1-26(12-13-28-16-26)37-21-14-18(10-11-20(21)27)29-39(33,34)25-19(17-8-6-5-7-9-17)15-22(35-2)24(36-3)23(25)30-38(4,31)32/h5-11,14-15,28-30H,12-13,16H2,1-4H3/t26-/m1/s1. The van der Waals surface area contributed by atoms with Gasteiger partial charge in [0.15, 0.2) is 11.5 Å². The van der Waals surface area contributed by atoms with E-state index >= 15 is 0 Å². The van der Waals surface area contributed by atoms with Crippen LogP contribution in [-0.4, -0.2) is 56.0 Å². The molecule has 0 amide bonds. The molecule has 0 aromatic heterocycles. The van der Waals surface area contributed by atoms with Crippen LogP contribution < -0.4 is 29.0 Å². The fourth-order valence-corrected chi connectivity index (χ4v) is 6.57. The summed E-state index contributed by atoms with van der Waals surface area (Å²) in [6, 6.07) is 14.7. The molecule has 3 aromatic rings. The van der Waals surface area contributed by atoms with Crippen LogP contribution in [0.25, 0.3) is 11.1 Å². The van der Waals surface area contributed by atoms with Crippen LogP contribution in [0.5, 0.6) is 17.2 Å². The molecule has 3 N–H and O–H groups in total. The number of methoxy groups -OCH3 is 2. The van der Waals surface area contributed by atoms with E-state index in [-0.39, 0.29) is 33.3 Å². The van der Waals surface area contributed by atoms with Gasteiger partial charge in [0.25, 0.3) is 10.0 Å². The number of hydrogen-bond donors (Lipinski definition) is 3. The molecule has 1 aliphatic rings. The highest BCUT2D eigenvalue weighted by atomic mass is 35.5. The lowest BCUT2D eigenvalue weighted by atomic mass is 10.0. The number of rotatable bonds is 10. The van der Waals surface area contributed by atoms with Gasteiger partial charge in [-0.3, -0.25) is 9.44 Å². The van der Waals surface area contributed by atoms with Gasteiger partial charge < -0.3 is 19.5 Å². The molecule has 1 saturated heterocycles. The first-order valence-corrected chi connectivity index (χ1v) is 15.7. The Morgan fingerprint density at radius 2 is 1.67 bits per heavy atom. The fourth-order valence-electron chi connectivity index (χ4n) is 4.36. The maximum absolute atomic E-state index is 14.0. The Morgan fingerprint density at radius 3 is 2.26 bits per heavy atom. The molecule has 1 heterocycles. The van der Waals surface area contributed by atoms with Crippen molar-refractivity contribution in [2.24, 2.45) is 0 Å². The van der Waals surface area contributed by atoms with Crippen molar-refractivity contribution in [1.29, 1.82) is 0 Å². The largest absolute Gasteiger partial charge is 0.493 e. The second-order valence-corrected chi connectivity index (χ2v) is 13.1. The molecule has 1 fully saturated rings. The Kier molecular flexibility index (Phi) is 8.22. The lowest BCUT2D eigenvalue weighted by Crippen LogP contribution is -2.34. The molecule has 0 saturated carbocycles. The van der Waals surface area contributed by atoms with Gasteiger partial charge in [0.1, 0.15) is 21.9 Å². The van der Waals surface area contributed by atoms with Crippen molar-refractivity contribution in [3.05, 3.63) is 59.6 Å². The van der Waals surface area contributed by atoms with E-state index in [1.807, 2.05) is 6.92 Å². The first kappa shape index (κ1) is 28.8. The second-order valence-electron chi connectivity index (χ2n) is 9.33. The number of ether oxygens (including phenoxy) is 3. The Balaban J connectivity index is 1.89. The normalized spacial score (nSPS) is 17.5. The summed E-state index contributed by atoms with van der Waals surface area (Å²) in [7, 11) is -5.73. The molecule has 4 rings (SSSR count). The third-order valence-electron chi connectivity index (χ3n) is 6.13. The number of hydrogen-bond acceptors (Lipinski definition) is 8. The smallest absolute Gasteiger partial charge is 0.264 e. The second kappa shape index (κ2) is 11.1. The highest BCUT2D eigenvalue weighted by Crippen LogP contribution is 2.47. The third kappa shape index (κ3) is 6.52. The number of halogens is 1. The molecule has 1 atom stereocenters. The molecular weight excluding hydrogens is 566 g/mol. The summed E-state index contributed by atoms with van der Waals surface area (Å²) in [6.45, 7) is 3.35. The van der Waals surface area contributed by atoms with E-state index in [1.165, 1.54) is 38.5 Å². The molecule has 1 aliphatic heterocycles. The van der Waals surface area contributed by atoms with Crippen LogP contribution in [0, 0.1) is 0 Å². The van der Waals surface area contributed by atoms with E-state index in [2.05, 4.69) is 14.8 Å². The van der Waals surface area contributed by atoms with Gasteiger partial charge in [0.05, 0.1) is 31.2 Å². The summed E-state index contributed by atoms with van der Waals surface area (Å²) < 4.78 is 74.7. The number of anilines is 2. The number of sulfonamides is 2. The molecule has 10 nitrogen and oxygen atoms in total. The van der Waals surface area contributed by atoms with Gasteiger partial charge in [-0.1, -0.05) is 41.9 Å². The van der Waals surface area contributed by atoms with Crippen LogP contribution in [0.4, 0.5) is 11.4 Å². The predicted molar refractivity (Wildman–Crippen MR) is 152 cm³/mol. The molecule has 0 unspecified atom stereocenters. The SMILES string of the molecule is COc1cc(-c2ccccc2)c(S(=O)(=O)Nc2ccc(Cl)c(O[C@]3(C)CCNC3)c2)c(NS(C)(=O)=O)c1OC. The van der Waals surface area contributed by atoms with Crippen molar-refractivity contribution in [3.63, 3.8) is 0 Å². The van der Waals surface area contributed by atoms with Crippen LogP contribution in [0.2, 0.25) is 5.02 Å². The molecular formula is C26H30ClN3O7S2. The van der Waals surface area contributed by atoms with Crippen molar-refractivity contribution < 1.29 is 31.0 Å². The average Bonchev–Trinajstić information content (AvgIpc) is 3.30. The maximum Gasteiger partial charge on any atom is 0.264 e. The van der Waals surface area contributed by atoms with Crippen molar-refractivity contribution in [3.8, 4) is 28.4 Å². The van der Waals surface area contributed by atoms with Crippen LogP contribution in [0.15, 0.2) is 59.5 Å². The topological polar surface area (TPSA) is 132 Å². The Hall–Kier alpha value is -3.19. The van der Waals surface area contributed by atoms with E-state index in [4.69, 9.17) is 25.8 Å². The van der Waals surface area contributed by atoms with Gasteiger partial charge in [-0.25, -0.2) is 16.8 Å². The Bertz CT molecular complexity index is 1570. The third-order valence-corrected chi connectivity index (χ3v) is 8.49. The van der Waals surface area contributed by atoms with E-state index in [9.17, 15) is 16.8 Å². The van der Waals surface area contributed by atoms with E-state index in [1.54, 1.807) is 30.3 Å². The predicted octanol–water partition coefficient (Wildman–Crippen LogP) is 4.33. The van der Waals surface area contributed by atoms with Crippen molar-refractivity contribution in [2.45, 2.75) is 23.8 Å². The zero-order valence-corrected chi connectivity index (χ0v) is 24.3. The lowest BCUT2D eigenvalue weighted by Gasteiger charge is -2.26. The molecule has 210 valence electrons. The highest BCUT2D eigenvalue weighted by Gasteiger charge is 2.33. The van der Waals surface area contributed by atoms with Crippen molar-refractivity contribution >= 4 is 43.0 Å². The van der Waals surface area contributed by atoms with Gasteiger partial charge in [0, 0.05) is 24.6 Å². The van der Waals surface area contributed by atoms with E-state index in [0.29, 0.717) is 22.9 Å². The van der Waals surface area contributed by atoms with Crippen molar-refractivity contribution in [1.82, 2.24) is 5.32 Å². The first-order chi connectivity index (χ1) is 18.4. The number of nitrogens with one attached hydrogen (secondary N) is 3. The summed E-state index contributed by atoms with van der Waals surface area (Å²) in [5, 5.41) is 3.56. The summed E-state index contributed by atoms with van der Waals surface area (Å²) in [5.74, 6) is 0.361. The average molecular weight is 596 g/mol. The zero-order valence-electron chi connectivity index (χ0n) is 21.9. The fraction of sp³-hybridized carbons (Fsp3) is 0.308. The minimum absolute atomic E-state index is 0.0928. The van der Waals surface area contributed by atoms with E-state index < -0.39 is 25.6 Å². The lowest BCUT2D eigenvalue weighted by molar-refractivity contribution is 0.111. The van der Waals surface area contributed by atoms with Gasteiger partial charge >= 0.3 is 0 Å². The Morgan fingerprint density at radius 1 is 0.949 bits per heavy atom. The summed E-state index contributed by atoms with van der Waals surface area (Å²) in [4.78, 5) is -0.346. The van der Waals surface area contributed by atoms with Crippen LogP contribution in [0.1, 0.15) is 13.3 Å².